The van der Waals surface area contributed by atoms with Crippen LogP contribution in [0, 0.1) is 0 Å². The normalized spacial score (nSPS) is 10.6. The van der Waals surface area contributed by atoms with E-state index in [0.29, 0.717) is 0 Å². The van der Waals surface area contributed by atoms with Crippen molar-refractivity contribution in [3.63, 3.8) is 0 Å². The third kappa shape index (κ3) is 7.24. The summed E-state index contributed by atoms with van der Waals surface area (Å²) in [4.78, 5) is 21.6. The zero-order valence-electron chi connectivity index (χ0n) is 7.86. The summed E-state index contributed by atoms with van der Waals surface area (Å²) in [6.07, 6.45) is 0. The third-order valence-electron chi connectivity index (χ3n) is 1.26. The predicted molar refractivity (Wildman–Crippen MR) is 79.3 cm³/mol. The second-order valence-corrected chi connectivity index (χ2v) is 6.82. The molecule has 0 heterocycles. The van der Waals surface area contributed by atoms with E-state index in [9.17, 15) is 0 Å². The van der Waals surface area contributed by atoms with Crippen LogP contribution >= 0.6 is 71.5 Å². The molecule has 6 nitrogen and oxygen atoms in total. The molecule has 0 radical (unpaired) electrons. The van der Waals surface area contributed by atoms with Crippen molar-refractivity contribution < 1.29 is 19.2 Å². The van der Waals surface area contributed by atoms with E-state index in [2.05, 4.69) is 69.1 Å². The van der Waals surface area contributed by atoms with Crippen molar-refractivity contribution in [2.75, 3.05) is 5.43 Å². The van der Waals surface area contributed by atoms with Crippen LogP contribution in [0.5, 0.6) is 0 Å². The van der Waals surface area contributed by atoms with Gasteiger partial charge in [0.2, 0.25) is 0 Å². The van der Waals surface area contributed by atoms with Crippen LogP contribution in [0.2, 0.25) is 0 Å². The van der Waals surface area contributed by atoms with Crippen LogP contribution in [0.3, 0.4) is 0 Å². The van der Waals surface area contributed by atoms with Gasteiger partial charge in [0.05, 0.1) is 10.2 Å². The monoisotopic (exact) mass is 518 g/mol. The summed E-state index contributed by atoms with van der Waals surface area (Å²) in [7, 11) is -4.64. The molecule has 0 spiro atoms. The van der Waals surface area contributed by atoms with Crippen LogP contribution in [0.1, 0.15) is 0 Å². The summed E-state index contributed by atoms with van der Waals surface area (Å²) >= 11 is 13.5. The van der Waals surface area contributed by atoms with Gasteiger partial charge in [-0.05, 0) is 69.8 Å². The number of rotatable bonds is 1. The molecule has 0 bridgehead atoms. The number of phosphoric acid groups is 1. The van der Waals surface area contributed by atoms with Crippen LogP contribution in [0.4, 0.5) is 5.69 Å². The van der Waals surface area contributed by atoms with E-state index in [1.807, 2.05) is 6.07 Å². The maximum Gasteiger partial charge on any atom is 0.466 e. The molecular formula is C6H7Br4N2O4P. The standard InChI is InChI=1S/C6H4Br4N2.H3O4P/c7-2-1-3(8)6(12-11)5(10)4(2)9;1-5(2,3)4/h1,12H,11H2;(H3,1,2,3,4). The van der Waals surface area contributed by atoms with Crippen molar-refractivity contribution >= 4 is 77.2 Å². The van der Waals surface area contributed by atoms with E-state index in [-0.39, 0.29) is 0 Å². The summed E-state index contributed by atoms with van der Waals surface area (Å²) in [5.74, 6) is 5.32. The predicted octanol–water partition coefficient (Wildman–Crippen LogP) is 3.09. The first-order chi connectivity index (χ1) is 7.57. The lowest BCUT2D eigenvalue weighted by Crippen LogP contribution is -2.08. The van der Waals surface area contributed by atoms with Gasteiger partial charge >= 0.3 is 7.82 Å². The average molecular weight is 522 g/mol. The Morgan fingerprint density at radius 3 is 1.82 bits per heavy atom. The molecule has 0 aliphatic heterocycles. The first kappa shape index (κ1) is 18.0. The molecular weight excluding hydrogens is 515 g/mol. The molecule has 0 saturated heterocycles. The van der Waals surface area contributed by atoms with Gasteiger partial charge in [0.1, 0.15) is 0 Å². The Bertz CT molecular complexity index is 444. The van der Waals surface area contributed by atoms with Crippen molar-refractivity contribution in [1.82, 2.24) is 0 Å². The van der Waals surface area contributed by atoms with Gasteiger partial charge < -0.3 is 20.1 Å². The highest BCUT2D eigenvalue weighted by Gasteiger charge is 2.10. The van der Waals surface area contributed by atoms with Gasteiger partial charge in [-0.1, -0.05) is 0 Å². The molecule has 0 atom stereocenters. The first-order valence-corrected chi connectivity index (χ1v) is 8.39. The lowest BCUT2D eigenvalue weighted by molar-refractivity contribution is 0.275. The van der Waals surface area contributed by atoms with E-state index in [4.69, 9.17) is 25.1 Å². The van der Waals surface area contributed by atoms with Crippen molar-refractivity contribution in [2.45, 2.75) is 0 Å². The minimum atomic E-state index is -4.64. The summed E-state index contributed by atoms with van der Waals surface area (Å²) < 4.78 is 12.5. The molecule has 0 aliphatic rings. The van der Waals surface area contributed by atoms with Gasteiger partial charge in [-0.2, -0.15) is 0 Å². The van der Waals surface area contributed by atoms with Crippen LogP contribution in [0.25, 0.3) is 0 Å². The highest BCUT2D eigenvalue weighted by Crippen LogP contribution is 2.40. The van der Waals surface area contributed by atoms with Gasteiger partial charge in [-0.15, -0.1) is 0 Å². The molecule has 1 rings (SSSR count). The van der Waals surface area contributed by atoms with Crippen LogP contribution in [-0.4, -0.2) is 14.7 Å². The number of nitrogens with two attached hydrogens (primary N) is 1. The molecule has 0 amide bonds. The molecule has 11 heteroatoms. The third-order valence-corrected chi connectivity index (χ3v) is 5.19. The number of halogens is 4. The molecule has 98 valence electrons. The highest BCUT2D eigenvalue weighted by atomic mass is 79.9. The second-order valence-electron chi connectivity index (χ2n) is 2.50. The Hall–Kier alpha value is 1.01. The fourth-order valence-electron chi connectivity index (χ4n) is 0.699. The Morgan fingerprint density at radius 1 is 1.06 bits per heavy atom. The SMILES string of the molecule is NNc1c(Br)cc(Br)c(Br)c1Br.O=P(O)(O)O. The molecule has 6 N–H and O–H groups in total. The highest BCUT2D eigenvalue weighted by molar-refractivity contribution is 9.14. The summed E-state index contributed by atoms with van der Waals surface area (Å²) in [6, 6.07) is 1.91. The van der Waals surface area contributed by atoms with Gasteiger partial charge in [-0.25, -0.2) is 4.57 Å². The Morgan fingerprint density at radius 2 is 1.47 bits per heavy atom. The topological polar surface area (TPSA) is 116 Å². The van der Waals surface area contributed by atoms with Crippen molar-refractivity contribution in [3.8, 4) is 0 Å². The molecule has 1 aromatic rings. The van der Waals surface area contributed by atoms with Gasteiger partial charge in [0, 0.05) is 13.4 Å². The molecule has 0 aromatic heterocycles. The molecule has 0 unspecified atom stereocenters. The Balaban J connectivity index is 0.000000437. The van der Waals surface area contributed by atoms with Gasteiger partial charge in [-0.3, -0.25) is 5.84 Å². The minimum Gasteiger partial charge on any atom is -0.322 e. The maximum absolute atomic E-state index is 8.88. The minimum absolute atomic E-state index is 0.810. The number of hydrazine groups is 1. The average Bonchev–Trinajstić information content (AvgIpc) is 2.12. The number of hydrogen-bond donors (Lipinski definition) is 5. The Labute approximate surface area is 131 Å². The number of anilines is 1. The Kier molecular flexibility index (Phi) is 8.01. The van der Waals surface area contributed by atoms with E-state index in [1.54, 1.807) is 0 Å². The van der Waals surface area contributed by atoms with Crippen LogP contribution < -0.4 is 11.3 Å². The van der Waals surface area contributed by atoms with Crippen molar-refractivity contribution in [1.29, 1.82) is 0 Å². The van der Waals surface area contributed by atoms with E-state index in [1.165, 1.54) is 0 Å². The molecule has 0 aliphatic carbocycles. The van der Waals surface area contributed by atoms with E-state index >= 15 is 0 Å². The van der Waals surface area contributed by atoms with Gasteiger partial charge in [0.15, 0.2) is 0 Å². The number of nitrogens with one attached hydrogen (secondary N) is 1. The number of hydrogen-bond acceptors (Lipinski definition) is 3. The molecule has 1 aromatic carbocycles. The summed E-state index contributed by atoms with van der Waals surface area (Å²) in [5.41, 5.74) is 3.40. The van der Waals surface area contributed by atoms with E-state index < -0.39 is 7.82 Å². The van der Waals surface area contributed by atoms with Crippen molar-refractivity contribution in [2.24, 2.45) is 5.84 Å². The van der Waals surface area contributed by atoms with Crippen molar-refractivity contribution in [3.05, 3.63) is 24.0 Å². The second kappa shape index (κ2) is 7.56. The summed E-state index contributed by atoms with van der Waals surface area (Å²) in [5, 5.41) is 0. The van der Waals surface area contributed by atoms with Crippen LogP contribution in [0.15, 0.2) is 24.0 Å². The van der Waals surface area contributed by atoms with E-state index in [0.717, 1.165) is 23.6 Å². The number of nitrogen functional groups attached to an aromatic ring is 1. The maximum atomic E-state index is 8.88. The van der Waals surface area contributed by atoms with Crippen LogP contribution in [-0.2, 0) is 4.57 Å². The molecule has 0 saturated carbocycles. The fourth-order valence-corrected chi connectivity index (χ4v) is 3.36. The number of benzene rings is 1. The fraction of sp³-hybridized carbons (Fsp3) is 0. The van der Waals surface area contributed by atoms with Gasteiger partial charge in [0.25, 0.3) is 0 Å². The lowest BCUT2D eigenvalue weighted by Gasteiger charge is -2.09. The quantitative estimate of drug-likeness (QED) is 0.128. The first-order valence-electron chi connectivity index (χ1n) is 3.65. The smallest absolute Gasteiger partial charge is 0.322 e. The largest absolute Gasteiger partial charge is 0.466 e. The molecule has 17 heavy (non-hydrogen) atoms. The zero-order valence-corrected chi connectivity index (χ0v) is 15.1. The summed E-state index contributed by atoms with van der Waals surface area (Å²) in [6.45, 7) is 0. The zero-order chi connectivity index (χ0) is 13.8. The lowest BCUT2D eigenvalue weighted by atomic mass is 10.3. The molecule has 0 fully saturated rings.